The monoisotopic (exact) mass is 270 g/mol. The molecule has 1 saturated carbocycles. The van der Waals surface area contributed by atoms with Gasteiger partial charge in [-0.2, -0.15) is 0 Å². The Morgan fingerprint density at radius 3 is 2.53 bits per heavy atom. The van der Waals surface area contributed by atoms with Crippen molar-refractivity contribution in [3.05, 3.63) is 0 Å². The molecule has 6 nitrogen and oxygen atoms in total. The molecule has 2 rings (SSSR count). The number of ether oxygens (including phenoxy) is 1. The number of hydrogen-bond acceptors (Lipinski definition) is 3. The van der Waals surface area contributed by atoms with Gasteiger partial charge in [-0.25, -0.2) is 9.59 Å². The lowest BCUT2D eigenvalue weighted by atomic mass is 9.92. The molecule has 0 aromatic rings. The predicted molar refractivity (Wildman–Crippen MR) is 68.9 cm³/mol. The average molecular weight is 270 g/mol. The van der Waals surface area contributed by atoms with Crippen molar-refractivity contribution in [3.63, 3.8) is 0 Å². The highest BCUT2D eigenvalue weighted by Gasteiger charge is 2.44. The third kappa shape index (κ3) is 3.18. The summed E-state index contributed by atoms with van der Waals surface area (Å²) < 4.78 is 5.10. The van der Waals surface area contributed by atoms with Crippen molar-refractivity contribution in [1.29, 1.82) is 0 Å². The molecular weight excluding hydrogens is 248 g/mol. The average Bonchev–Trinajstić information content (AvgIpc) is 2.86. The minimum Gasteiger partial charge on any atom is -0.479 e. The van der Waals surface area contributed by atoms with Crippen LogP contribution in [0, 0.1) is 5.41 Å². The summed E-state index contributed by atoms with van der Waals surface area (Å²) >= 11 is 0. The molecule has 108 valence electrons. The van der Waals surface area contributed by atoms with Crippen molar-refractivity contribution in [1.82, 2.24) is 10.6 Å². The molecule has 1 aliphatic heterocycles. The first kappa shape index (κ1) is 14.1. The van der Waals surface area contributed by atoms with Gasteiger partial charge in [0.2, 0.25) is 0 Å². The van der Waals surface area contributed by atoms with Gasteiger partial charge in [0.1, 0.15) is 0 Å². The predicted octanol–water partition coefficient (Wildman–Crippen LogP) is 1.11. The molecule has 0 aromatic carbocycles. The zero-order valence-corrected chi connectivity index (χ0v) is 11.5. The Balaban J connectivity index is 1.89. The SMILES string of the molecule is CC1(C)CCC(NC(=O)NC2(C(=O)O)CCOC2)C1. The lowest BCUT2D eigenvalue weighted by Gasteiger charge is -2.25. The Bertz CT molecular complexity index is 375. The molecule has 3 N–H and O–H groups in total. The summed E-state index contributed by atoms with van der Waals surface area (Å²) in [7, 11) is 0. The van der Waals surface area contributed by atoms with E-state index in [1.807, 2.05) is 0 Å². The first-order valence-corrected chi connectivity index (χ1v) is 6.73. The zero-order chi connectivity index (χ0) is 14.1. The van der Waals surface area contributed by atoms with Gasteiger partial charge in [-0.1, -0.05) is 13.8 Å². The van der Waals surface area contributed by atoms with Gasteiger partial charge in [-0.3, -0.25) is 0 Å². The molecule has 0 radical (unpaired) electrons. The molecule has 1 heterocycles. The van der Waals surface area contributed by atoms with Gasteiger partial charge >= 0.3 is 12.0 Å². The summed E-state index contributed by atoms with van der Waals surface area (Å²) in [6.07, 6.45) is 3.25. The van der Waals surface area contributed by atoms with E-state index in [-0.39, 0.29) is 18.1 Å². The van der Waals surface area contributed by atoms with Crippen molar-refractivity contribution >= 4 is 12.0 Å². The van der Waals surface area contributed by atoms with E-state index >= 15 is 0 Å². The summed E-state index contributed by atoms with van der Waals surface area (Å²) in [6.45, 7) is 4.75. The maximum atomic E-state index is 11.9. The molecule has 2 unspecified atom stereocenters. The maximum absolute atomic E-state index is 11.9. The number of nitrogens with one attached hydrogen (secondary N) is 2. The molecule has 1 saturated heterocycles. The van der Waals surface area contributed by atoms with E-state index in [2.05, 4.69) is 24.5 Å². The Labute approximate surface area is 112 Å². The third-order valence-corrected chi connectivity index (χ3v) is 4.09. The number of amides is 2. The first-order chi connectivity index (χ1) is 8.83. The molecule has 1 aliphatic carbocycles. The Morgan fingerprint density at radius 2 is 2.05 bits per heavy atom. The number of carbonyl (C=O) groups is 2. The second kappa shape index (κ2) is 5.00. The van der Waals surface area contributed by atoms with Crippen molar-refractivity contribution in [2.24, 2.45) is 5.41 Å². The Hall–Kier alpha value is -1.30. The van der Waals surface area contributed by atoms with Crippen molar-refractivity contribution in [3.8, 4) is 0 Å². The highest BCUT2D eigenvalue weighted by molar-refractivity contribution is 5.86. The van der Waals surface area contributed by atoms with Crippen LogP contribution >= 0.6 is 0 Å². The summed E-state index contributed by atoms with van der Waals surface area (Å²) in [5.41, 5.74) is -1.02. The van der Waals surface area contributed by atoms with E-state index in [0.29, 0.717) is 13.0 Å². The molecule has 2 amide bonds. The number of carbonyl (C=O) groups excluding carboxylic acids is 1. The van der Waals surface area contributed by atoms with Crippen LogP contribution in [0.5, 0.6) is 0 Å². The number of rotatable bonds is 3. The number of carboxylic acids is 1. The first-order valence-electron chi connectivity index (χ1n) is 6.73. The van der Waals surface area contributed by atoms with Gasteiger partial charge in [0.15, 0.2) is 5.54 Å². The van der Waals surface area contributed by atoms with E-state index in [0.717, 1.165) is 19.3 Å². The normalized spacial score (nSPS) is 33.1. The van der Waals surface area contributed by atoms with Crippen LogP contribution in [-0.4, -0.2) is 41.9 Å². The van der Waals surface area contributed by atoms with Crippen LogP contribution in [0.25, 0.3) is 0 Å². The lowest BCUT2D eigenvalue weighted by molar-refractivity contribution is -0.144. The largest absolute Gasteiger partial charge is 0.479 e. The smallest absolute Gasteiger partial charge is 0.332 e. The minimum absolute atomic E-state index is 0.0336. The van der Waals surface area contributed by atoms with Crippen molar-refractivity contribution in [2.45, 2.75) is 51.1 Å². The van der Waals surface area contributed by atoms with E-state index < -0.39 is 17.5 Å². The molecule has 6 heteroatoms. The van der Waals surface area contributed by atoms with Gasteiger partial charge < -0.3 is 20.5 Å². The van der Waals surface area contributed by atoms with Crippen molar-refractivity contribution < 1.29 is 19.4 Å². The second-order valence-corrected chi connectivity index (χ2v) is 6.39. The van der Waals surface area contributed by atoms with Crippen LogP contribution in [0.15, 0.2) is 0 Å². The molecule has 0 spiro atoms. The second-order valence-electron chi connectivity index (χ2n) is 6.39. The van der Waals surface area contributed by atoms with Crippen LogP contribution in [0.4, 0.5) is 4.79 Å². The van der Waals surface area contributed by atoms with Gasteiger partial charge in [0.05, 0.1) is 6.61 Å². The van der Waals surface area contributed by atoms with E-state index in [1.54, 1.807) is 0 Å². The van der Waals surface area contributed by atoms with Gasteiger partial charge in [-0.15, -0.1) is 0 Å². The van der Waals surface area contributed by atoms with Crippen LogP contribution < -0.4 is 10.6 Å². The van der Waals surface area contributed by atoms with Crippen LogP contribution in [0.3, 0.4) is 0 Å². The lowest BCUT2D eigenvalue weighted by Crippen LogP contribution is -2.58. The molecule has 2 atom stereocenters. The topological polar surface area (TPSA) is 87.7 Å². The van der Waals surface area contributed by atoms with E-state index in [1.165, 1.54) is 0 Å². The molecule has 2 aliphatic rings. The number of hydrogen-bond donors (Lipinski definition) is 3. The molecule has 2 fully saturated rings. The molecular formula is C13H22N2O4. The number of urea groups is 1. The summed E-state index contributed by atoms with van der Waals surface area (Å²) in [4.78, 5) is 23.2. The Morgan fingerprint density at radius 1 is 1.32 bits per heavy atom. The fourth-order valence-corrected chi connectivity index (χ4v) is 2.88. The summed E-state index contributed by atoms with van der Waals surface area (Å²) in [5.74, 6) is -1.04. The maximum Gasteiger partial charge on any atom is 0.332 e. The summed E-state index contributed by atoms with van der Waals surface area (Å²) in [5, 5.41) is 14.7. The fraction of sp³-hybridized carbons (Fsp3) is 0.846. The van der Waals surface area contributed by atoms with Gasteiger partial charge in [-0.05, 0) is 24.7 Å². The van der Waals surface area contributed by atoms with Crippen LogP contribution in [0.2, 0.25) is 0 Å². The fourth-order valence-electron chi connectivity index (χ4n) is 2.88. The molecule has 0 bridgehead atoms. The van der Waals surface area contributed by atoms with Crippen molar-refractivity contribution in [2.75, 3.05) is 13.2 Å². The highest BCUT2D eigenvalue weighted by atomic mass is 16.5. The zero-order valence-electron chi connectivity index (χ0n) is 11.5. The number of aliphatic carboxylic acids is 1. The van der Waals surface area contributed by atoms with Crippen LogP contribution in [-0.2, 0) is 9.53 Å². The van der Waals surface area contributed by atoms with E-state index in [4.69, 9.17) is 4.74 Å². The molecule has 19 heavy (non-hydrogen) atoms. The van der Waals surface area contributed by atoms with E-state index in [9.17, 15) is 14.7 Å². The Kier molecular flexibility index (Phi) is 3.71. The minimum atomic E-state index is -1.27. The third-order valence-electron chi connectivity index (χ3n) is 4.09. The summed E-state index contributed by atoms with van der Waals surface area (Å²) in [6, 6.07) is -0.279. The highest BCUT2D eigenvalue weighted by Crippen LogP contribution is 2.36. The standard InChI is InChI=1S/C13H22N2O4/c1-12(2)4-3-9(7-12)14-11(18)15-13(10(16)17)5-6-19-8-13/h9H,3-8H2,1-2H3,(H,16,17)(H2,14,15,18). The molecule has 0 aromatic heterocycles. The number of carboxylic acid groups (broad SMARTS) is 1. The quantitative estimate of drug-likeness (QED) is 0.717. The van der Waals surface area contributed by atoms with Crippen LogP contribution in [0.1, 0.15) is 39.5 Å². The van der Waals surface area contributed by atoms with Gasteiger partial charge in [0, 0.05) is 19.1 Å². The van der Waals surface area contributed by atoms with Gasteiger partial charge in [0.25, 0.3) is 0 Å².